The quantitative estimate of drug-likeness (QED) is 0.757. The fraction of sp³-hybridized carbons (Fsp3) is 0.429. The number of rotatable bonds is 0. The molecule has 1 heterocycles. The Bertz CT molecular complexity index is 515. The molecule has 0 radical (unpaired) electrons. The van der Waals surface area contributed by atoms with E-state index in [0.29, 0.717) is 11.2 Å². The normalized spacial score (nSPS) is 8.82. The number of fused-ring (bicyclic) bond motifs is 1. The molecule has 0 saturated carbocycles. The second kappa shape index (κ2) is 7.60. The van der Waals surface area contributed by atoms with Crippen molar-refractivity contribution in [3.05, 3.63) is 39.9 Å². The highest BCUT2D eigenvalue weighted by Gasteiger charge is 2.02. The first-order valence-electron chi connectivity index (χ1n) is 6.15. The highest BCUT2D eigenvalue weighted by Crippen LogP contribution is 2.10. The van der Waals surface area contributed by atoms with E-state index in [2.05, 4.69) is 9.97 Å². The standard InChI is InChI=1S/C10H10N2O.2C2H6/c1-6-4-3-5-8-9(6)10(13)12-7(2)11-8;2*1-2/h3-5H,1-2H3,(H,11,12,13);2*1-2H3. The lowest BCUT2D eigenvalue weighted by Crippen LogP contribution is -2.10. The molecule has 2 rings (SSSR count). The van der Waals surface area contributed by atoms with Gasteiger partial charge in [-0.2, -0.15) is 0 Å². The Morgan fingerprint density at radius 3 is 2.24 bits per heavy atom. The number of hydrogen-bond acceptors (Lipinski definition) is 2. The number of benzene rings is 1. The summed E-state index contributed by atoms with van der Waals surface area (Å²) in [5, 5.41) is 0.688. The van der Waals surface area contributed by atoms with E-state index in [4.69, 9.17) is 0 Å². The van der Waals surface area contributed by atoms with Crippen LogP contribution >= 0.6 is 0 Å². The fourth-order valence-corrected chi connectivity index (χ4v) is 1.48. The van der Waals surface area contributed by atoms with Crippen molar-refractivity contribution in [3.8, 4) is 0 Å². The van der Waals surface area contributed by atoms with Crippen molar-refractivity contribution < 1.29 is 0 Å². The third kappa shape index (κ3) is 3.70. The summed E-state index contributed by atoms with van der Waals surface area (Å²) in [6.07, 6.45) is 0. The maximum atomic E-state index is 11.5. The van der Waals surface area contributed by atoms with Gasteiger partial charge >= 0.3 is 0 Å². The molecule has 3 nitrogen and oxygen atoms in total. The van der Waals surface area contributed by atoms with Crippen LogP contribution in [-0.2, 0) is 0 Å². The number of nitrogens with zero attached hydrogens (tertiary/aromatic N) is 1. The molecule has 1 N–H and O–H groups in total. The van der Waals surface area contributed by atoms with Gasteiger partial charge in [-0.25, -0.2) is 4.98 Å². The Kier molecular flexibility index (Phi) is 6.87. The summed E-state index contributed by atoms with van der Waals surface area (Å²) < 4.78 is 0. The van der Waals surface area contributed by atoms with Crippen molar-refractivity contribution in [2.24, 2.45) is 0 Å². The fourth-order valence-electron chi connectivity index (χ4n) is 1.48. The van der Waals surface area contributed by atoms with Crippen LogP contribution in [0.5, 0.6) is 0 Å². The molecule has 0 aliphatic heterocycles. The monoisotopic (exact) mass is 234 g/mol. The average Bonchev–Trinajstić information content (AvgIpc) is 2.33. The van der Waals surface area contributed by atoms with Crippen molar-refractivity contribution in [3.63, 3.8) is 0 Å². The highest BCUT2D eigenvalue weighted by atomic mass is 16.1. The number of hydrogen-bond donors (Lipinski definition) is 1. The molecule has 17 heavy (non-hydrogen) atoms. The zero-order valence-electron chi connectivity index (χ0n) is 11.6. The van der Waals surface area contributed by atoms with Crippen molar-refractivity contribution in [2.75, 3.05) is 0 Å². The molecule has 3 heteroatoms. The first kappa shape index (κ1) is 15.4. The SMILES string of the molecule is CC.CC.Cc1nc2cccc(C)c2c(=O)[nH]1. The smallest absolute Gasteiger partial charge is 0.259 e. The van der Waals surface area contributed by atoms with Gasteiger partial charge in [0.05, 0.1) is 10.9 Å². The number of aromatic nitrogens is 2. The van der Waals surface area contributed by atoms with E-state index in [-0.39, 0.29) is 5.56 Å². The summed E-state index contributed by atoms with van der Waals surface area (Å²) in [7, 11) is 0. The lowest BCUT2D eigenvalue weighted by atomic mass is 10.1. The van der Waals surface area contributed by atoms with Gasteiger partial charge in [0.15, 0.2) is 0 Å². The predicted molar refractivity (Wildman–Crippen MR) is 74.5 cm³/mol. The minimum absolute atomic E-state index is 0.0550. The van der Waals surface area contributed by atoms with Crippen LogP contribution in [0.15, 0.2) is 23.0 Å². The summed E-state index contributed by atoms with van der Waals surface area (Å²) in [5.74, 6) is 0.656. The van der Waals surface area contributed by atoms with Gasteiger partial charge in [-0.3, -0.25) is 4.79 Å². The van der Waals surface area contributed by atoms with Crippen LogP contribution in [0.1, 0.15) is 39.1 Å². The van der Waals surface area contributed by atoms with Gasteiger partial charge in [-0.15, -0.1) is 0 Å². The molecule has 0 atom stereocenters. The summed E-state index contributed by atoms with van der Waals surface area (Å²) in [5.41, 5.74) is 1.67. The van der Waals surface area contributed by atoms with Gasteiger partial charge in [0.1, 0.15) is 5.82 Å². The minimum atomic E-state index is -0.0550. The van der Waals surface area contributed by atoms with Crippen molar-refractivity contribution in [1.82, 2.24) is 9.97 Å². The van der Waals surface area contributed by atoms with Crippen LogP contribution < -0.4 is 5.56 Å². The van der Waals surface area contributed by atoms with Gasteiger partial charge in [0.25, 0.3) is 5.56 Å². The second-order valence-electron chi connectivity index (χ2n) is 3.12. The first-order chi connectivity index (χ1) is 8.18. The summed E-state index contributed by atoms with van der Waals surface area (Å²) in [6.45, 7) is 11.7. The summed E-state index contributed by atoms with van der Waals surface area (Å²) in [6, 6.07) is 5.67. The van der Waals surface area contributed by atoms with Crippen molar-refractivity contribution in [1.29, 1.82) is 0 Å². The number of aryl methyl sites for hydroxylation is 2. The Hall–Kier alpha value is -1.64. The predicted octanol–water partition coefficient (Wildman–Crippen LogP) is 3.59. The van der Waals surface area contributed by atoms with Crippen LogP contribution in [0.25, 0.3) is 10.9 Å². The lowest BCUT2D eigenvalue weighted by Gasteiger charge is -2.00. The first-order valence-corrected chi connectivity index (χ1v) is 6.15. The molecule has 0 fully saturated rings. The maximum absolute atomic E-state index is 11.5. The number of aromatic amines is 1. The second-order valence-corrected chi connectivity index (χ2v) is 3.12. The van der Waals surface area contributed by atoms with Crippen LogP contribution in [0.2, 0.25) is 0 Å². The van der Waals surface area contributed by atoms with E-state index in [1.807, 2.05) is 52.8 Å². The van der Waals surface area contributed by atoms with E-state index in [0.717, 1.165) is 11.1 Å². The molecule has 94 valence electrons. The topological polar surface area (TPSA) is 45.8 Å². The van der Waals surface area contributed by atoms with Crippen LogP contribution in [0.4, 0.5) is 0 Å². The molecule has 0 aliphatic carbocycles. The molecule has 0 bridgehead atoms. The summed E-state index contributed by atoms with van der Waals surface area (Å²) in [4.78, 5) is 18.5. The molecule has 0 spiro atoms. The van der Waals surface area contributed by atoms with E-state index in [1.54, 1.807) is 6.92 Å². The van der Waals surface area contributed by atoms with E-state index in [1.165, 1.54) is 0 Å². The highest BCUT2D eigenvalue weighted by molar-refractivity contribution is 5.80. The largest absolute Gasteiger partial charge is 0.310 e. The Morgan fingerprint density at radius 2 is 1.65 bits per heavy atom. The third-order valence-electron chi connectivity index (χ3n) is 2.06. The molecular weight excluding hydrogens is 212 g/mol. The van der Waals surface area contributed by atoms with Gasteiger partial charge in [-0.05, 0) is 25.5 Å². The van der Waals surface area contributed by atoms with E-state index in [9.17, 15) is 4.79 Å². The molecular formula is C14H22N2O. The Morgan fingerprint density at radius 1 is 1.06 bits per heavy atom. The van der Waals surface area contributed by atoms with Crippen LogP contribution in [0.3, 0.4) is 0 Å². The molecule has 0 amide bonds. The van der Waals surface area contributed by atoms with Gasteiger partial charge in [0.2, 0.25) is 0 Å². The van der Waals surface area contributed by atoms with Crippen molar-refractivity contribution >= 4 is 10.9 Å². The Balaban J connectivity index is 0.000000581. The average molecular weight is 234 g/mol. The summed E-state index contributed by atoms with van der Waals surface area (Å²) >= 11 is 0. The van der Waals surface area contributed by atoms with Gasteiger partial charge in [0, 0.05) is 0 Å². The van der Waals surface area contributed by atoms with E-state index < -0.39 is 0 Å². The van der Waals surface area contributed by atoms with Crippen molar-refractivity contribution in [2.45, 2.75) is 41.5 Å². The Labute approximate surface area is 103 Å². The molecule has 2 aromatic rings. The maximum Gasteiger partial charge on any atom is 0.259 e. The lowest BCUT2D eigenvalue weighted by molar-refractivity contribution is 1.06. The van der Waals surface area contributed by atoms with Crippen LogP contribution in [-0.4, -0.2) is 9.97 Å². The van der Waals surface area contributed by atoms with Gasteiger partial charge < -0.3 is 4.98 Å². The molecule has 0 saturated heterocycles. The molecule has 0 aliphatic rings. The third-order valence-corrected chi connectivity index (χ3v) is 2.06. The number of H-pyrrole nitrogens is 1. The molecule has 0 unspecified atom stereocenters. The minimum Gasteiger partial charge on any atom is -0.310 e. The van der Waals surface area contributed by atoms with Crippen LogP contribution in [0, 0.1) is 13.8 Å². The zero-order valence-corrected chi connectivity index (χ0v) is 11.6. The molecule has 1 aromatic carbocycles. The molecule has 1 aromatic heterocycles. The zero-order chi connectivity index (χ0) is 13.4. The number of nitrogens with one attached hydrogen (secondary N) is 1. The van der Waals surface area contributed by atoms with E-state index >= 15 is 0 Å². The van der Waals surface area contributed by atoms with Gasteiger partial charge in [-0.1, -0.05) is 39.8 Å².